The molecule has 7 heteroatoms. The molecule has 0 aliphatic rings. The highest BCUT2D eigenvalue weighted by Gasteiger charge is 2.12. The van der Waals surface area contributed by atoms with Gasteiger partial charge in [-0.3, -0.25) is 4.79 Å². The van der Waals surface area contributed by atoms with Crippen LogP contribution in [0.4, 0.5) is 0 Å². The van der Waals surface area contributed by atoms with Crippen LogP contribution in [-0.4, -0.2) is 41.3 Å². The predicted molar refractivity (Wildman–Crippen MR) is 70.5 cm³/mol. The quantitative estimate of drug-likeness (QED) is 0.708. The predicted octanol–water partition coefficient (Wildman–Crippen LogP) is 1.38. The molecule has 0 aliphatic heterocycles. The smallest absolute Gasteiger partial charge is 0.329 e. The van der Waals surface area contributed by atoms with Crippen molar-refractivity contribution in [3.8, 4) is 0 Å². The summed E-state index contributed by atoms with van der Waals surface area (Å²) in [5.41, 5.74) is 0.491. The Bertz CT molecular complexity index is 445. The first-order valence-corrected chi connectivity index (χ1v) is 6.35. The molecule has 0 atom stereocenters. The van der Waals surface area contributed by atoms with Crippen LogP contribution in [-0.2, 0) is 16.1 Å². The van der Waals surface area contributed by atoms with Crippen molar-refractivity contribution in [1.29, 1.82) is 0 Å². The first-order chi connectivity index (χ1) is 9.04. The Hall–Kier alpha value is -1.53. The van der Waals surface area contributed by atoms with Crippen LogP contribution in [0.3, 0.4) is 0 Å². The van der Waals surface area contributed by atoms with E-state index in [1.165, 1.54) is 0 Å². The first-order valence-electron chi connectivity index (χ1n) is 5.98. The van der Waals surface area contributed by atoms with Crippen LogP contribution in [0.5, 0.6) is 0 Å². The van der Waals surface area contributed by atoms with E-state index in [4.69, 9.17) is 21.4 Å². The van der Waals surface area contributed by atoms with Crippen LogP contribution in [0.15, 0.2) is 12.3 Å². The van der Waals surface area contributed by atoms with Gasteiger partial charge in [-0.05, 0) is 12.5 Å². The maximum atomic E-state index is 11.9. The maximum absolute atomic E-state index is 11.9. The van der Waals surface area contributed by atoms with Crippen molar-refractivity contribution in [2.75, 3.05) is 19.8 Å². The maximum Gasteiger partial charge on any atom is 0.329 e. The molecule has 0 aliphatic carbocycles. The van der Waals surface area contributed by atoms with E-state index >= 15 is 0 Å². The van der Waals surface area contributed by atoms with Crippen molar-refractivity contribution in [3.63, 3.8) is 0 Å². The summed E-state index contributed by atoms with van der Waals surface area (Å²) in [7, 11) is 0. The van der Waals surface area contributed by atoms with Crippen molar-refractivity contribution in [1.82, 2.24) is 9.88 Å². The van der Waals surface area contributed by atoms with Gasteiger partial charge in [0.05, 0.1) is 11.6 Å². The number of nitrogens with zero attached hydrogens (tertiary/aromatic N) is 1. The molecule has 19 heavy (non-hydrogen) atoms. The van der Waals surface area contributed by atoms with E-state index in [1.807, 2.05) is 6.92 Å². The van der Waals surface area contributed by atoms with Gasteiger partial charge in [-0.15, -0.1) is 0 Å². The molecule has 1 aromatic rings. The fourth-order valence-corrected chi connectivity index (χ4v) is 1.80. The highest BCUT2D eigenvalue weighted by molar-refractivity contribution is 6.31. The second-order valence-electron chi connectivity index (χ2n) is 3.94. The standard InChI is InChI=1S/C12H17ClN2O4/c1-2-4-15-7-9(13)6-10(15)12(18)14-3-5-19-8-11(16)17/h6-7H,2-5,8H2,1H3,(H,14,18)(H,16,17). The molecule has 1 aromatic heterocycles. The van der Waals surface area contributed by atoms with Gasteiger partial charge >= 0.3 is 5.97 Å². The molecule has 0 unspecified atom stereocenters. The lowest BCUT2D eigenvalue weighted by Gasteiger charge is -2.08. The number of halogens is 1. The van der Waals surface area contributed by atoms with Crippen molar-refractivity contribution in [2.24, 2.45) is 0 Å². The molecule has 0 radical (unpaired) electrons. The van der Waals surface area contributed by atoms with E-state index in [-0.39, 0.29) is 25.7 Å². The number of ether oxygens (including phenoxy) is 1. The van der Waals surface area contributed by atoms with Gasteiger partial charge in [0, 0.05) is 19.3 Å². The second-order valence-corrected chi connectivity index (χ2v) is 4.38. The van der Waals surface area contributed by atoms with Gasteiger partial charge in [0.2, 0.25) is 0 Å². The Morgan fingerprint density at radius 1 is 1.53 bits per heavy atom. The van der Waals surface area contributed by atoms with E-state index in [0.29, 0.717) is 17.3 Å². The lowest BCUT2D eigenvalue weighted by molar-refractivity contribution is -0.142. The normalized spacial score (nSPS) is 10.4. The van der Waals surface area contributed by atoms with Gasteiger partial charge in [0.25, 0.3) is 5.91 Å². The SMILES string of the molecule is CCCn1cc(Cl)cc1C(=O)NCCOCC(=O)O. The van der Waals surface area contributed by atoms with Crippen molar-refractivity contribution in [2.45, 2.75) is 19.9 Å². The second kappa shape index (κ2) is 7.81. The zero-order chi connectivity index (χ0) is 14.3. The summed E-state index contributed by atoms with van der Waals surface area (Å²) in [6.07, 6.45) is 2.61. The van der Waals surface area contributed by atoms with Crippen molar-refractivity contribution in [3.05, 3.63) is 23.0 Å². The molecule has 6 nitrogen and oxygen atoms in total. The van der Waals surface area contributed by atoms with Crippen LogP contribution in [0.1, 0.15) is 23.8 Å². The number of rotatable bonds is 8. The number of aryl methyl sites for hydroxylation is 1. The average Bonchev–Trinajstić information content (AvgIpc) is 2.70. The number of hydrogen-bond acceptors (Lipinski definition) is 3. The van der Waals surface area contributed by atoms with Crippen molar-refractivity contribution < 1.29 is 19.4 Å². The minimum absolute atomic E-state index is 0.153. The molecule has 0 aromatic carbocycles. The van der Waals surface area contributed by atoms with E-state index in [0.717, 1.165) is 6.42 Å². The molecule has 0 saturated carbocycles. The summed E-state index contributed by atoms with van der Waals surface area (Å²) in [4.78, 5) is 22.1. The third-order valence-corrected chi connectivity index (χ3v) is 2.52. The molecule has 0 fully saturated rings. The molecular weight excluding hydrogens is 272 g/mol. The zero-order valence-corrected chi connectivity index (χ0v) is 11.4. The summed E-state index contributed by atoms with van der Waals surface area (Å²) in [5.74, 6) is -1.28. The zero-order valence-electron chi connectivity index (χ0n) is 10.7. The minimum Gasteiger partial charge on any atom is -0.480 e. The molecular formula is C12H17ClN2O4. The minimum atomic E-state index is -1.03. The van der Waals surface area contributed by atoms with E-state index < -0.39 is 5.97 Å². The van der Waals surface area contributed by atoms with Crippen LogP contribution >= 0.6 is 11.6 Å². The first kappa shape index (κ1) is 15.5. The summed E-state index contributed by atoms with van der Waals surface area (Å²) in [6.45, 7) is 2.76. The Balaban J connectivity index is 2.42. The summed E-state index contributed by atoms with van der Waals surface area (Å²) >= 11 is 5.87. The summed E-state index contributed by atoms with van der Waals surface area (Å²) < 4.78 is 6.60. The van der Waals surface area contributed by atoms with Crippen LogP contribution in [0.25, 0.3) is 0 Å². The van der Waals surface area contributed by atoms with E-state index in [2.05, 4.69) is 5.32 Å². The summed E-state index contributed by atoms with van der Waals surface area (Å²) in [5, 5.41) is 11.5. The van der Waals surface area contributed by atoms with Gasteiger partial charge in [0.1, 0.15) is 12.3 Å². The van der Waals surface area contributed by atoms with Gasteiger partial charge in [-0.2, -0.15) is 0 Å². The van der Waals surface area contributed by atoms with E-state index in [1.54, 1.807) is 16.8 Å². The largest absolute Gasteiger partial charge is 0.480 e. The average molecular weight is 289 g/mol. The number of nitrogens with one attached hydrogen (secondary N) is 1. The van der Waals surface area contributed by atoms with E-state index in [9.17, 15) is 9.59 Å². The number of aliphatic carboxylic acids is 1. The highest BCUT2D eigenvalue weighted by Crippen LogP contribution is 2.14. The Morgan fingerprint density at radius 3 is 2.89 bits per heavy atom. The van der Waals surface area contributed by atoms with Gasteiger partial charge < -0.3 is 19.7 Å². The molecule has 106 valence electrons. The molecule has 0 bridgehead atoms. The molecule has 1 heterocycles. The Kier molecular flexibility index (Phi) is 6.38. The van der Waals surface area contributed by atoms with Crippen LogP contribution in [0.2, 0.25) is 5.02 Å². The highest BCUT2D eigenvalue weighted by atomic mass is 35.5. The number of carboxylic acids is 1. The lowest BCUT2D eigenvalue weighted by Crippen LogP contribution is -2.29. The molecule has 1 amide bonds. The summed E-state index contributed by atoms with van der Waals surface area (Å²) in [6, 6.07) is 1.60. The molecule has 0 saturated heterocycles. The number of amides is 1. The van der Waals surface area contributed by atoms with Gasteiger partial charge in [0.15, 0.2) is 0 Å². The third-order valence-electron chi connectivity index (χ3n) is 2.32. The Morgan fingerprint density at radius 2 is 2.26 bits per heavy atom. The number of carbonyl (C=O) groups is 2. The monoisotopic (exact) mass is 288 g/mol. The number of carboxylic acid groups (broad SMARTS) is 1. The van der Waals surface area contributed by atoms with Crippen molar-refractivity contribution >= 4 is 23.5 Å². The topological polar surface area (TPSA) is 80.6 Å². The van der Waals surface area contributed by atoms with Gasteiger partial charge in [-0.1, -0.05) is 18.5 Å². The van der Waals surface area contributed by atoms with Crippen LogP contribution < -0.4 is 5.32 Å². The third kappa shape index (κ3) is 5.32. The number of hydrogen-bond donors (Lipinski definition) is 2. The molecule has 2 N–H and O–H groups in total. The molecule has 1 rings (SSSR count). The lowest BCUT2D eigenvalue weighted by atomic mass is 10.3. The van der Waals surface area contributed by atoms with Crippen LogP contribution in [0, 0.1) is 0 Å². The number of carbonyl (C=O) groups excluding carboxylic acids is 1. The molecule has 0 spiro atoms. The number of aromatic nitrogens is 1. The fourth-order valence-electron chi connectivity index (χ4n) is 1.58. The fraction of sp³-hybridized carbons (Fsp3) is 0.500. The van der Waals surface area contributed by atoms with Gasteiger partial charge in [-0.25, -0.2) is 4.79 Å². The Labute approximate surface area is 116 Å².